The first kappa shape index (κ1) is 47.7. The van der Waals surface area contributed by atoms with Crippen LogP contribution in [0.4, 0.5) is 0 Å². The van der Waals surface area contributed by atoms with E-state index in [1.807, 2.05) is 0 Å². The molecule has 24 heteroatoms. The Balaban J connectivity index is 3.98. The highest BCUT2D eigenvalue weighted by atomic mass is 31.3. The zero-order chi connectivity index (χ0) is 40.3. The number of hydrogen-bond acceptors (Lipinski definition) is 21. The Morgan fingerprint density at radius 1 is 0.315 bits per heavy atom. The normalized spacial score (nSPS) is 14.4. The first-order valence-electron chi connectivity index (χ1n) is 15.4. The number of carbonyl (C=O) groups is 6. The van der Waals surface area contributed by atoms with Gasteiger partial charge in [0.2, 0.25) is 0 Å². The molecule has 0 aromatic carbocycles. The highest BCUT2D eigenvalue weighted by Gasteiger charge is 2.43. The second-order valence-corrected chi connectivity index (χ2v) is 15.6. The van der Waals surface area contributed by atoms with E-state index in [0.29, 0.717) is 0 Å². The van der Waals surface area contributed by atoms with E-state index in [1.54, 1.807) is 0 Å². The Kier molecular flexibility index (Phi) is 23.4. The van der Waals surface area contributed by atoms with Crippen LogP contribution in [0.1, 0.15) is 0 Å². The largest absolute Gasteiger partial charge is 0.460 e. The first-order chi connectivity index (χ1) is 25.8. The van der Waals surface area contributed by atoms with Crippen LogP contribution in [0, 0.1) is 0 Å². The molecule has 1 aliphatic rings. The van der Waals surface area contributed by atoms with E-state index in [9.17, 15) is 28.8 Å². The van der Waals surface area contributed by atoms with E-state index < -0.39 is 98.4 Å². The molecule has 0 aromatic heterocycles. The van der Waals surface area contributed by atoms with Gasteiger partial charge in [-0.25, -0.2) is 28.8 Å². The molecule has 1 heterocycles. The van der Waals surface area contributed by atoms with Crippen molar-refractivity contribution in [2.24, 2.45) is 13.5 Å². The summed E-state index contributed by atoms with van der Waals surface area (Å²) in [5.41, 5.74) is 0. The van der Waals surface area contributed by atoms with Gasteiger partial charge in [-0.15, -0.1) is 13.5 Å². The molecule has 0 aliphatic carbocycles. The minimum Gasteiger partial charge on any atom is -0.460 e. The van der Waals surface area contributed by atoms with Gasteiger partial charge in [0.05, 0.1) is 39.6 Å². The number of hydrogen-bond donors (Lipinski definition) is 0. The van der Waals surface area contributed by atoms with Crippen molar-refractivity contribution >= 4 is 58.8 Å². The number of carbonyl (C=O) groups excluding carboxylic acids is 6. The molecule has 1 rings (SSSR count). The van der Waals surface area contributed by atoms with Crippen LogP contribution in [0.15, 0.2) is 89.5 Å². The standard InChI is InChI=1S/C30H42N3O18P3/c1-7-25(34)40-13-19-46-52(47-20-14-41-26(35)8-2)31-53(48-21-15-42-27(36)9-3,49-22-16-43-28(37)10-4)33-54(32-52,50-23-17-44-29(38)11-5)51-24-18-45-30(39)12-6/h7-12H,1-6,13-24H2. The molecule has 0 unspecified atom stereocenters. The minimum absolute atomic E-state index is 0.381. The maximum Gasteiger partial charge on any atom is 0.349 e. The fraction of sp³-hybridized carbons (Fsp3) is 0.400. The number of nitrogens with zero attached hydrogens (tertiary/aromatic N) is 3. The molecule has 54 heavy (non-hydrogen) atoms. The fourth-order valence-electron chi connectivity index (χ4n) is 3.05. The lowest BCUT2D eigenvalue weighted by atomic mass is 10.6. The lowest BCUT2D eigenvalue weighted by Crippen LogP contribution is -2.15. The van der Waals surface area contributed by atoms with Crippen molar-refractivity contribution in [1.29, 1.82) is 0 Å². The summed E-state index contributed by atoms with van der Waals surface area (Å²) in [7, 11) is -12.7. The van der Waals surface area contributed by atoms with Crippen LogP contribution in [-0.4, -0.2) is 115 Å². The molecule has 21 nitrogen and oxygen atoms in total. The summed E-state index contributed by atoms with van der Waals surface area (Å²) in [6.45, 7) is 15.0. The van der Waals surface area contributed by atoms with Gasteiger partial charge in [-0.1, -0.05) is 39.5 Å². The van der Waals surface area contributed by atoms with E-state index in [1.165, 1.54) is 0 Å². The van der Waals surface area contributed by atoms with Gasteiger partial charge in [0.25, 0.3) is 0 Å². The fourth-order valence-corrected chi connectivity index (χ4v) is 12.4. The summed E-state index contributed by atoms with van der Waals surface area (Å²) in [6, 6.07) is 0. The molecule has 1 aliphatic heterocycles. The molecule has 0 amide bonds. The SMILES string of the molecule is C=CC(=O)OCCOP1(OCCOC(=O)C=C)=NP(OCCOC(=O)C=C)(OCCOC(=O)C=C)=NP(OCCOC(=O)C=C)(OCCOC(=O)C=C)=N1. The second-order valence-electron chi connectivity index (χ2n) is 8.97. The van der Waals surface area contributed by atoms with Crippen molar-refractivity contribution in [2.75, 3.05) is 79.3 Å². The van der Waals surface area contributed by atoms with Crippen LogP contribution in [0.2, 0.25) is 0 Å². The summed E-state index contributed by atoms with van der Waals surface area (Å²) in [4.78, 5) is 70.5. The van der Waals surface area contributed by atoms with Gasteiger partial charge in [-0.3, -0.25) is 0 Å². The van der Waals surface area contributed by atoms with Crippen LogP contribution in [0.3, 0.4) is 0 Å². The summed E-state index contributed by atoms with van der Waals surface area (Å²) >= 11 is 0. The van der Waals surface area contributed by atoms with E-state index in [-0.39, 0.29) is 39.6 Å². The molecule has 0 atom stereocenters. The van der Waals surface area contributed by atoms with Gasteiger partial charge in [-0.05, 0) is 0 Å². The third kappa shape index (κ3) is 19.2. The van der Waals surface area contributed by atoms with Gasteiger partial charge in [0, 0.05) is 36.5 Å². The van der Waals surface area contributed by atoms with Crippen LogP contribution in [0.5, 0.6) is 0 Å². The minimum atomic E-state index is -4.24. The van der Waals surface area contributed by atoms with Crippen molar-refractivity contribution in [1.82, 2.24) is 0 Å². The highest BCUT2D eigenvalue weighted by molar-refractivity contribution is 7.78. The summed E-state index contributed by atoms with van der Waals surface area (Å²) in [5.74, 6) is -4.73. The van der Waals surface area contributed by atoms with E-state index in [4.69, 9.17) is 55.6 Å². The molecular weight excluding hydrogens is 783 g/mol. The van der Waals surface area contributed by atoms with E-state index >= 15 is 0 Å². The Morgan fingerprint density at radius 2 is 0.463 bits per heavy atom. The summed E-state index contributed by atoms with van der Waals surface area (Å²) in [6.07, 6.45) is 5.48. The Hall–Kier alpha value is -4.29. The number of ether oxygens (including phenoxy) is 6. The molecule has 0 saturated heterocycles. The molecule has 0 aromatic rings. The lowest BCUT2D eigenvalue weighted by Gasteiger charge is -2.33. The second kappa shape index (κ2) is 26.5. The molecule has 300 valence electrons. The van der Waals surface area contributed by atoms with Crippen LogP contribution < -0.4 is 0 Å². The molecule has 0 radical (unpaired) electrons. The van der Waals surface area contributed by atoms with Crippen molar-refractivity contribution < 1.29 is 84.3 Å². The van der Waals surface area contributed by atoms with E-state index in [0.717, 1.165) is 36.5 Å². The predicted molar refractivity (Wildman–Crippen MR) is 191 cm³/mol. The predicted octanol–water partition coefficient (Wildman–Crippen LogP) is 4.31. The quantitative estimate of drug-likeness (QED) is 0.0321. The van der Waals surface area contributed by atoms with Gasteiger partial charge in [-0.2, -0.15) is 0 Å². The zero-order valence-electron chi connectivity index (χ0n) is 29.2. The van der Waals surface area contributed by atoms with Crippen LogP contribution >= 0.6 is 23.0 Å². The maximum atomic E-state index is 11.7. The van der Waals surface area contributed by atoms with Gasteiger partial charge in [0.15, 0.2) is 0 Å². The molecule has 0 fully saturated rings. The average molecular weight is 826 g/mol. The first-order valence-corrected chi connectivity index (χ1v) is 20.0. The van der Waals surface area contributed by atoms with Crippen molar-refractivity contribution in [3.05, 3.63) is 75.9 Å². The third-order valence-corrected chi connectivity index (χ3v) is 13.7. The zero-order valence-corrected chi connectivity index (χ0v) is 31.9. The highest BCUT2D eigenvalue weighted by Crippen LogP contribution is 2.80. The molecule has 0 N–H and O–H groups in total. The average Bonchev–Trinajstić information content (AvgIpc) is 3.18. The number of rotatable bonds is 30. The monoisotopic (exact) mass is 825 g/mol. The van der Waals surface area contributed by atoms with Gasteiger partial charge >= 0.3 is 58.8 Å². The van der Waals surface area contributed by atoms with Gasteiger partial charge in [0.1, 0.15) is 39.6 Å². The Bertz CT molecular complexity index is 1280. The smallest absolute Gasteiger partial charge is 0.349 e. The number of esters is 6. The topological polar surface area (TPSA) is 250 Å². The maximum absolute atomic E-state index is 11.7. The van der Waals surface area contributed by atoms with Crippen molar-refractivity contribution in [3.63, 3.8) is 0 Å². The van der Waals surface area contributed by atoms with Gasteiger partial charge < -0.3 is 55.6 Å². The third-order valence-electron chi connectivity index (χ3n) is 5.20. The molecule has 0 bridgehead atoms. The van der Waals surface area contributed by atoms with Crippen LogP contribution in [0.25, 0.3) is 0 Å². The van der Waals surface area contributed by atoms with Crippen molar-refractivity contribution in [3.8, 4) is 0 Å². The Labute approximate surface area is 311 Å². The summed E-state index contributed by atoms with van der Waals surface area (Å²) in [5, 5.41) is 0. The summed E-state index contributed by atoms with van der Waals surface area (Å²) < 4.78 is 79.9. The van der Waals surface area contributed by atoms with E-state index in [2.05, 4.69) is 53.0 Å². The molecule has 0 saturated carbocycles. The molecular formula is C30H42N3O18P3. The van der Waals surface area contributed by atoms with Crippen molar-refractivity contribution in [2.45, 2.75) is 0 Å². The Morgan fingerprint density at radius 3 is 0.593 bits per heavy atom. The van der Waals surface area contributed by atoms with Crippen LogP contribution in [-0.2, 0) is 84.3 Å². The molecule has 0 spiro atoms. The lowest BCUT2D eigenvalue weighted by molar-refractivity contribution is -0.139.